The number of rotatable bonds is 2. The van der Waals surface area contributed by atoms with E-state index >= 15 is 0 Å². The fraction of sp³-hybridized carbons (Fsp3) is 0. The predicted octanol–water partition coefficient (Wildman–Crippen LogP) is 0.0185. The van der Waals surface area contributed by atoms with Gasteiger partial charge in [-0.3, -0.25) is 4.99 Å². The number of hydrogen-bond acceptors (Lipinski definition) is 3. The summed E-state index contributed by atoms with van der Waals surface area (Å²) < 4.78 is 0. The van der Waals surface area contributed by atoms with E-state index in [9.17, 15) is 5.11 Å². The first-order valence-corrected chi connectivity index (χ1v) is 5.12. The molecule has 82 valence electrons. The van der Waals surface area contributed by atoms with Crippen LogP contribution in [0.15, 0.2) is 53.5 Å². The number of phenols is 1. The Balaban J connectivity index is 0.00000162. The molecule has 0 aliphatic rings. The standard InChI is InChI=1S/C14H10N2O.Li/c15-9-11-5-7-13(8-6-11)16-10-12-3-1-2-4-14(12)17;/h1-8,10,17H;/q;+1/b16-10-;. The zero-order chi connectivity index (χ0) is 12.1. The van der Waals surface area contributed by atoms with Crippen LogP contribution >= 0.6 is 0 Å². The summed E-state index contributed by atoms with van der Waals surface area (Å²) in [5.41, 5.74) is 2.01. The maximum absolute atomic E-state index is 9.54. The maximum atomic E-state index is 9.54. The van der Waals surface area contributed by atoms with Crippen molar-refractivity contribution in [1.82, 2.24) is 0 Å². The fourth-order valence-electron chi connectivity index (χ4n) is 1.36. The van der Waals surface area contributed by atoms with Crippen LogP contribution in [0.3, 0.4) is 0 Å². The Labute approximate surface area is 118 Å². The number of nitriles is 1. The van der Waals surface area contributed by atoms with Crippen LogP contribution in [0, 0.1) is 11.3 Å². The molecule has 0 bridgehead atoms. The zero-order valence-corrected chi connectivity index (χ0v) is 10.0. The van der Waals surface area contributed by atoms with Gasteiger partial charge in [0.25, 0.3) is 0 Å². The van der Waals surface area contributed by atoms with E-state index in [0.717, 1.165) is 5.69 Å². The monoisotopic (exact) mass is 229 g/mol. The Morgan fingerprint density at radius 3 is 2.33 bits per heavy atom. The molecule has 0 spiro atoms. The second kappa shape index (κ2) is 6.66. The smallest absolute Gasteiger partial charge is 0.507 e. The van der Waals surface area contributed by atoms with Gasteiger partial charge in [-0.2, -0.15) is 5.26 Å². The van der Waals surface area contributed by atoms with Gasteiger partial charge in [-0.15, -0.1) is 0 Å². The molecule has 2 rings (SSSR count). The molecule has 2 aromatic rings. The normalized spacial score (nSPS) is 9.72. The van der Waals surface area contributed by atoms with Gasteiger partial charge >= 0.3 is 18.9 Å². The molecule has 2 aromatic carbocycles. The molecule has 0 aliphatic heterocycles. The first-order valence-electron chi connectivity index (χ1n) is 5.12. The average molecular weight is 229 g/mol. The van der Waals surface area contributed by atoms with E-state index in [4.69, 9.17) is 5.26 Å². The van der Waals surface area contributed by atoms with Crippen molar-refractivity contribution in [2.24, 2.45) is 4.99 Å². The molecule has 0 saturated heterocycles. The van der Waals surface area contributed by atoms with E-state index in [1.165, 1.54) is 0 Å². The fourth-order valence-corrected chi connectivity index (χ4v) is 1.36. The molecule has 0 amide bonds. The van der Waals surface area contributed by atoms with Gasteiger partial charge in [-0.25, -0.2) is 0 Å². The molecule has 0 radical (unpaired) electrons. The number of nitrogens with zero attached hydrogens (tertiary/aromatic N) is 2. The summed E-state index contributed by atoms with van der Waals surface area (Å²) in [5.74, 6) is 0.199. The van der Waals surface area contributed by atoms with E-state index in [-0.39, 0.29) is 24.6 Å². The van der Waals surface area contributed by atoms with Crippen LogP contribution in [-0.2, 0) is 0 Å². The number of para-hydroxylation sites is 1. The second-order valence-electron chi connectivity index (χ2n) is 3.48. The first kappa shape index (κ1) is 14.1. The van der Waals surface area contributed by atoms with E-state index in [2.05, 4.69) is 4.99 Å². The molecule has 0 unspecified atom stereocenters. The molecule has 18 heavy (non-hydrogen) atoms. The molecule has 0 heterocycles. The Hall–Kier alpha value is -2.00. The number of phenolic OH excluding ortho intramolecular Hbond substituents is 1. The molecular formula is C14H10LiN2O+. The maximum Gasteiger partial charge on any atom is 1.00 e. The van der Waals surface area contributed by atoms with Crippen molar-refractivity contribution in [2.45, 2.75) is 0 Å². The van der Waals surface area contributed by atoms with Crippen molar-refractivity contribution in [1.29, 1.82) is 5.26 Å². The van der Waals surface area contributed by atoms with Crippen molar-refractivity contribution in [3.05, 3.63) is 59.7 Å². The van der Waals surface area contributed by atoms with Crippen LogP contribution in [0.5, 0.6) is 5.75 Å². The van der Waals surface area contributed by atoms with E-state index in [1.54, 1.807) is 48.7 Å². The van der Waals surface area contributed by atoms with Crippen LogP contribution in [0.4, 0.5) is 5.69 Å². The Morgan fingerprint density at radius 2 is 1.72 bits per heavy atom. The van der Waals surface area contributed by atoms with Gasteiger partial charge in [0.2, 0.25) is 0 Å². The molecule has 3 nitrogen and oxygen atoms in total. The molecule has 0 atom stereocenters. The topological polar surface area (TPSA) is 56.4 Å². The van der Waals surface area contributed by atoms with Crippen molar-refractivity contribution in [3.63, 3.8) is 0 Å². The van der Waals surface area contributed by atoms with Gasteiger partial charge in [0.1, 0.15) is 5.75 Å². The van der Waals surface area contributed by atoms with Crippen molar-refractivity contribution >= 4 is 11.9 Å². The summed E-state index contributed by atoms with van der Waals surface area (Å²) >= 11 is 0. The third-order valence-corrected chi connectivity index (χ3v) is 2.29. The van der Waals surface area contributed by atoms with E-state index in [1.807, 2.05) is 12.1 Å². The van der Waals surface area contributed by atoms with Gasteiger partial charge < -0.3 is 5.11 Å². The minimum absolute atomic E-state index is 0. The summed E-state index contributed by atoms with van der Waals surface area (Å²) in [6.07, 6.45) is 1.59. The third kappa shape index (κ3) is 3.50. The van der Waals surface area contributed by atoms with Crippen LogP contribution < -0.4 is 18.9 Å². The van der Waals surface area contributed by atoms with Crippen LogP contribution in [0.2, 0.25) is 0 Å². The number of benzene rings is 2. The molecule has 4 heteroatoms. The van der Waals surface area contributed by atoms with Gasteiger partial charge in [-0.05, 0) is 36.4 Å². The zero-order valence-electron chi connectivity index (χ0n) is 10.0. The molecule has 1 N–H and O–H groups in total. The minimum Gasteiger partial charge on any atom is -0.507 e. The van der Waals surface area contributed by atoms with Crippen molar-refractivity contribution in [2.75, 3.05) is 0 Å². The van der Waals surface area contributed by atoms with Crippen LogP contribution in [0.25, 0.3) is 0 Å². The third-order valence-electron chi connectivity index (χ3n) is 2.29. The Morgan fingerprint density at radius 1 is 1.06 bits per heavy atom. The quantitative estimate of drug-likeness (QED) is 0.583. The first-order chi connectivity index (χ1) is 8.29. The number of hydrogen-bond donors (Lipinski definition) is 1. The number of aromatic hydroxyl groups is 1. The largest absolute Gasteiger partial charge is 1.00 e. The van der Waals surface area contributed by atoms with Gasteiger partial charge in [0.05, 0.1) is 17.3 Å². The molecule has 0 aliphatic carbocycles. The molecule has 0 saturated carbocycles. The predicted molar refractivity (Wildman–Crippen MR) is 66.5 cm³/mol. The van der Waals surface area contributed by atoms with Crippen LogP contribution in [0.1, 0.15) is 11.1 Å². The summed E-state index contributed by atoms with van der Waals surface area (Å²) in [6.45, 7) is 0. The Bertz CT molecular complexity index is 585. The molecular weight excluding hydrogens is 219 g/mol. The summed E-state index contributed by atoms with van der Waals surface area (Å²) in [5, 5.41) is 18.2. The summed E-state index contributed by atoms with van der Waals surface area (Å²) in [7, 11) is 0. The SMILES string of the molecule is N#Cc1ccc(/N=C\c2ccccc2O)cc1.[Li+]. The van der Waals surface area contributed by atoms with Gasteiger partial charge in [-0.1, -0.05) is 12.1 Å². The second-order valence-corrected chi connectivity index (χ2v) is 3.48. The van der Waals surface area contributed by atoms with Crippen molar-refractivity contribution in [3.8, 4) is 11.8 Å². The average Bonchev–Trinajstić information content (AvgIpc) is 2.38. The summed E-state index contributed by atoms with van der Waals surface area (Å²) in [6, 6.07) is 16.0. The summed E-state index contributed by atoms with van der Waals surface area (Å²) in [4.78, 5) is 4.22. The molecule has 0 fully saturated rings. The number of aliphatic imine (C=N–C) groups is 1. The van der Waals surface area contributed by atoms with E-state index < -0.39 is 0 Å². The Kier molecular flexibility index (Phi) is 5.21. The van der Waals surface area contributed by atoms with Gasteiger partial charge in [0, 0.05) is 11.8 Å². The minimum atomic E-state index is 0. The van der Waals surface area contributed by atoms with Gasteiger partial charge in [0.15, 0.2) is 0 Å². The van der Waals surface area contributed by atoms with Crippen LogP contribution in [-0.4, -0.2) is 11.3 Å². The van der Waals surface area contributed by atoms with E-state index in [0.29, 0.717) is 11.1 Å². The molecule has 0 aromatic heterocycles. The van der Waals surface area contributed by atoms with Crippen molar-refractivity contribution < 1.29 is 24.0 Å².